The summed E-state index contributed by atoms with van der Waals surface area (Å²) in [5, 5.41) is 135. The van der Waals surface area contributed by atoms with Gasteiger partial charge in [-0.1, -0.05) is 245 Å². The molecule has 13 N–H and O–H groups in total. The molecule has 0 bridgehead atoms. The molecule has 149 heavy (non-hydrogen) atoms. The third-order valence-corrected chi connectivity index (χ3v) is 28.3. The molecule has 5 aliphatic carbocycles. The summed E-state index contributed by atoms with van der Waals surface area (Å²) in [6.45, 7) is 60.2. The average Bonchev–Trinajstić information content (AvgIpc) is 0.770. The van der Waals surface area contributed by atoms with Crippen molar-refractivity contribution in [2.45, 2.75) is 375 Å². The van der Waals surface area contributed by atoms with E-state index in [1.165, 1.54) is 71.3 Å². The molecule has 6 aliphatic rings. The number of terminal acetylenes is 1. The maximum atomic E-state index is 11.8. The Morgan fingerprint density at radius 1 is 0.450 bits per heavy atom. The van der Waals surface area contributed by atoms with Crippen molar-refractivity contribution >= 4 is 47.7 Å². The predicted octanol–water partition coefficient (Wildman–Crippen LogP) is 33.0. The molecule has 17 nitrogen and oxygen atoms in total. The summed E-state index contributed by atoms with van der Waals surface area (Å²) in [6, 6.07) is 17.7. The zero-order valence-electron chi connectivity index (χ0n) is 93.0. The van der Waals surface area contributed by atoms with Crippen molar-refractivity contribution < 1.29 is 107 Å². The number of allylic oxidation sites excluding steroid dienone is 17. The van der Waals surface area contributed by atoms with Crippen molar-refractivity contribution in [1.29, 1.82) is 0 Å². The van der Waals surface area contributed by atoms with Crippen molar-refractivity contribution in [3.63, 3.8) is 0 Å². The van der Waals surface area contributed by atoms with Crippen LogP contribution in [0.25, 0.3) is 6.08 Å². The fourth-order valence-corrected chi connectivity index (χ4v) is 20.8. The van der Waals surface area contributed by atoms with E-state index in [2.05, 4.69) is 169 Å². The standard InChI is InChI=1S/C23H34O2.C22H30O4.C20H26O4.C20H28O2.C19H26O2.C17H22O2.C2HB.CHBO.CH2B.3CH4.V/c1-5-6-7-8-9-10-18-14-21(24)23(22(25)15-18)20-13-17(4)11-12-19(20)16(2)3;1-5-6-7-8-15-12-18(23)20(21(24)19(15)22(25)26)17-11-14(4)9-10-16(17)13(2)3;1-5-6-13-10-16(21)18(19(22)17(13)20(23)24)15-9-12(4)7-8-14(15)11(2)3;1-5-6-9-16-13-18(21)17-10-12-20(4,22-19(17)14-16)11-7-8-15(2)3;1-5-6-14-10-17(20)19(18(21)11-14)16-9-13(4)7-8-15(16)12(2)3;1-10(2)13-6-5-11(3)7-14(13)17-15(18)8-12(4)9-16(17)19;1-2-3;2-1-3;1-2;;;;/h13-15,19-20,24-25H,2,5-12H2,1,3-4H3;11-12,16-17,23-24H,2,5-10H2,1,3-4H3,(H,25,26);9-10,14-15,21-22H,2,5-8H2,1,3-4H3,(H,23,24);8,10,12-14,21H,5-7,9,11H2,1-4H3;9-11,15-16,20-21H,2,5-8H2,1,3-4H3;7-9,13-14,18-19H,1,5-6H2,2-4H3;2*1H;1H2;3*1H4;/q;;;;;;;;-1;;;;/t19-,20+;16-,17+;14-,15+;;15-,16+;13-,14-;;;;;;;/m000.00......./s1/i;;;;;;;2*1D;;;;. The van der Waals surface area contributed by atoms with Crippen LogP contribution in [0.3, 0.4) is 0 Å². The van der Waals surface area contributed by atoms with E-state index >= 15 is 0 Å². The van der Waals surface area contributed by atoms with E-state index in [1.807, 2.05) is 98.7 Å². The number of rotatable bonds is 32. The molecule has 0 fully saturated rings. The van der Waals surface area contributed by atoms with Crippen LogP contribution in [-0.4, -0.2) is 114 Å². The van der Waals surface area contributed by atoms with E-state index in [9.17, 15) is 76.0 Å². The minimum atomic E-state index is -1.17. The van der Waals surface area contributed by atoms with Crippen LogP contribution in [0.15, 0.2) is 197 Å². The Labute approximate surface area is 916 Å². The average molecular weight is 2080 g/mol. The molecule has 811 valence electrons. The molecule has 21 heteroatoms. The minimum absolute atomic E-state index is 0. The first-order valence-electron chi connectivity index (χ1n) is 53.0. The molecule has 0 saturated heterocycles. The molecule has 0 aromatic heterocycles. The molecule has 0 saturated carbocycles. The third kappa shape index (κ3) is 41.1. The second kappa shape index (κ2) is 68.5. The third-order valence-electron chi connectivity index (χ3n) is 28.3. The Bertz CT molecular complexity index is 5690. The number of benzene rings is 6. The minimum Gasteiger partial charge on any atom is -0.507 e. The molecule has 12 rings (SSSR count). The predicted molar refractivity (Wildman–Crippen MR) is 623 cm³/mol. The number of unbranched alkanes of at least 4 members (excludes halogenated alkanes) is 7. The number of aromatic carboxylic acids is 2. The van der Waals surface area contributed by atoms with E-state index in [0.717, 1.165) is 216 Å². The van der Waals surface area contributed by atoms with Crippen molar-refractivity contribution in [2.24, 2.45) is 29.6 Å². The van der Waals surface area contributed by atoms with E-state index in [4.69, 9.17) is 12.3 Å². The zero-order valence-corrected chi connectivity index (χ0v) is 92.4. The Kier molecular flexibility index (Phi) is 61.5. The topological polar surface area (TPSA) is 323 Å². The summed E-state index contributed by atoms with van der Waals surface area (Å²) in [5.74, 6) is 1.65. The zero-order chi connectivity index (χ0) is 111. The molecule has 11 atom stereocenters. The van der Waals surface area contributed by atoms with Crippen LogP contribution < -0.4 is 4.74 Å². The number of carboxylic acids is 2. The summed E-state index contributed by atoms with van der Waals surface area (Å²) in [5.41, 5.74) is 20.8. The first-order valence-corrected chi connectivity index (χ1v) is 51.9. The summed E-state index contributed by atoms with van der Waals surface area (Å²) in [7, 11) is 12.9. The van der Waals surface area contributed by atoms with E-state index in [0.29, 0.717) is 57.5 Å². The van der Waals surface area contributed by atoms with Gasteiger partial charge in [-0.05, 0) is 361 Å². The number of aryl methyl sites for hydroxylation is 6. The Balaban J connectivity index is 0.00000175. The second-order valence-electron chi connectivity index (χ2n) is 41.1. The van der Waals surface area contributed by atoms with Gasteiger partial charge in [-0.15, -0.1) is 6.42 Å². The number of carbonyl (C=O) groups is 3. The van der Waals surface area contributed by atoms with E-state index < -0.39 is 18.1 Å². The smallest absolute Gasteiger partial charge is 0.339 e. The maximum absolute atomic E-state index is 11.8. The molecule has 1 heterocycles. The van der Waals surface area contributed by atoms with Crippen LogP contribution in [0, 0.1) is 55.6 Å². The van der Waals surface area contributed by atoms with Gasteiger partial charge < -0.3 is 82.7 Å². The summed E-state index contributed by atoms with van der Waals surface area (Å²) in [6.07, 6.45) is 48.7. The molecule has 6 aromatic rings. The van der Waals surface area contributed by atoms with Gasteiger partial charge in [0, 0.05) is 76.0 Å². The van der Waals surface area contributed by atoms with Gasteiger partial charge >= 0.3 is 11.9 Å². The molecular formula is C128H182B3O17V-. The van der Waals surface area contributed by atoms with E-state index in [-0.39, 0.29) is 174 Å². The number of phenolic OH excluding ortho intramolecular Hbond substituents is 9. The maximum Gasteiger partial charge on any atom is 0.339 e. The van der Waals surface area contributed by atoms with Crippen LogP contribution in [-0.2, 0) is 55.5 Å². The Morgan fingerprint density at radius 2 is 0.725 bits per heavy atom. The van der Waals surface area contributed by atoms with Gasteiger partial charge in [0.15, 0.2) is 15.7 Å². The first-order chi connectivity index (χ1) is 69.3. The molecule has 7 radical (unpaired) electrons. The van der Waals surface area contributed by atoms with Gasteiger partial charge in [0.1, 0.15) is 85.7 Å². The van der Waals surface area contributed by atoms with Gasteiger partial charge in [0.05, 0.1) is 13.1 Å². The number of fused-ring (bicyclic) bond motifs is 1. The number of carbonyl (C=O) groups excluding carboxylic acids is 1. The second-order valence-corrected chi connectivity index (χ2v) is 41.1. The quantitative estimate of drug-likeness (QED) is 0.00466. The van der Waals surface area contributed by atoms with Crippen molar-refractivity contribution in [3.8, 4) is 81.2 Å². The Morgan fingerprint density at radius 3 is 1.04 bits per heavy atom. The van der Waals surface area contributed by atoms with Crippen molar-refractivity contribution in [3.05, 3.63) is 282 Å². The number of phenols is 11. The van der Waals surface area contributed by atoms with Crippen LogP contribution in [0.5, 0.6) is 69.0 Å². The number of carboxylic acid groups (broad SMARTS) is 2. The number of hydrogen-bond acceptors (Lipinski definition) is 15. The van der Waals surface area contributed by atoms with Crippen molar-refractivity contribution in [2.75, 3.05) is 0 Å². The van der Waals surface area contributed by atoms with Crippen LogP contribution in [0.4, 0.5) is 0 Å². The fourth-order valence-electron chi connectivity index (χ4n) is 20.8. The van der Waals surface area contributed by atoms with Crippen LogP contribution >= 0.6 is 0 Å². The summed E-state index contributed by atoms with van der Waals surface area (Å²) in [4.78, 5) is 32.4. The van der Waals surface area contributed by atoms with Gasteiger partial charge in [-0.25, -0.2) is 11.0 Å². The normalized spacial score (nSPS) is 19.4. The van der Waals surface area contributed by atoms with Gasteiger partial charge in [0.25, 0.3) is 0 Å². The largest absolute Gasteiger partial charge is 0.507 e. The van der Waals surface area contributed by atoms with Crippen LogP contribution in [0.1, 0.15) is 421 Å². The van der Waals surface area contributed by atoms with Gasteiger partial charge in [0.2, 0.25) is 0 Å². The Hall–Kier alpha value is -11.3. The van der Waals surface area contributed by atoms with Gasteiger partial charge in [-0.2, -0.15) is 13.7 Å². The fraction of sp³-hybridized carbons (Fsp3) is 0.484. The summed E-state index contributed by atoms with van der Waals surface area (Å²) < 4.78 is 17.8. The number of ether oxygens (including phenoxy) is 1. The SMILES string of the molecule is C.C.C.C=C(C)[C@@H]1CCC(C)=C[C@@H]1c1c(O)cc(C)cc1O.C=C(C)[C@@H]1CCC(C)=C[C@H]1c1c(O)cc(CCC)c(C(=O)O)c1O.C=C(C)[C@@H]1CCC(C)=C[C@H]1c1c(O)cc(CCC)cc1O.C=C(C)[C@@H]1CCC(C)=C[C@H]1c1c(O)cc(CCCCC)c(C(=O)O)c1O.C=C(C)[C@@H]1CCC(C)=C[C@H]1c1c(O)cc(CCCCCCC)cc1O.CCCCc1cc(O)c2c(c1)OC(C)(CCC=C(C)C)C=C2.[2H]C([B])=O.[2H][CH-][B].[B]C#C.[V]. The molecule has 1 aliphatic heterocycles. The number of hydrogen-bond donors (Lipinski definition) is 13. The summed E-state index contributed by atoms with van der Waals surface area (Å²) >= 11 is 0. The monoisotopic (exact) mass is 2080 g/mol. The molecule has 6 aromatic carbocycles. The first kappa shape index (κ1) is 134. The molecule has 0 amide bonds. The van der Waals surface area contributed by atoms with Crippen LogP contribution in [0.2, 0.25) is 0 Å². The number of aromatic hydroxyl groups is 11. The molecular weight excluding hydrogens is 1890 g/mol. The molecule has 1 unspecified atom stereocenters. The van der Waals surface area contributed by atoms with Gasteiger partial charge in [-0.3, -0.25) is 0 Å². The molecule has 0 spiro atoms. The van der Waals surface area contributed by atoms with Crippen molar-refractivity contribution in [1.82, 2.24) is 0 Å². The van der Waals surface area contributed by atoms with E-state index in [1.54, 1.807) is 30.1 Å².